The molecule has 1 heterocycles. The van der Waals surface area contributed by atoms with Gasteiger partial charge < -0.3 is 4.74 Å². The smallest absolute Gasteiger partial charge is 0.156 e. The summed E-state index contributed by atoms with van der Waals surface area (Å²) < 4.78 is 5.97. The molecule has 0 amide bonds. The summed E-state index contributed by atoms with van der Waals surface area (Å²) in [5, 5.41) is 0. The van der Waals surface area contributed by atoms with Crippen LogP contribution in [0.5, 0.6) is 0 Å². The molecule has 0 saturated carbocycles. The van der Waals surface area contributed by atoms with Crippen LogP contribution >= 0.6 is 0 Å². The number of benzene rings is 1. The van der Waals surface area contributed by atoms with Crippen molar-refractivity contribution in [1.29, 1.82) is 0 Å². The van der Waals surface area contributed by atoms with Gasteiger partial charge in [-0.25, -0.2) is 0 Å². The number of hydrogen-bond donors (Lipinski definition) is 0. The van der Waals surface area contributed by atoms with Crippen LogP contribution in [0.25, 0.3) is 17.9 Å². The Morgan fingerprint density at radius 3 is 2.48 bits per heavy atom. The molecule has 0 fully saturated rings. The number of aromatic nitrogens is 1. The molecular formula is C22H25NO2. The zero-order valence-electron chi connectivity index (χ0n) is 15.1. The van der Waals surface area contributed by atoms with E-state index < -0.39 is 0 Å². The van der Waals surface area contributed by atoms with E-state index in [9.17, 15) is 4.79 Å². The van der Waals surface area contributed by atoms with Crippen molar-refractivity contribution >= 4 is 23.7 Å². The average Bonchev–Trinajstić information content (AvgIpc) is 2.60. The first-order chi connectivity index (χ1) is 12.1. The maximum Gasteiger partial charge on any atom is 0.156 e. The summed E-state index contributed by atoms with van der Waals surface area (Å²) in [6, 6.07) is 11.9. The summed E-state index contributed by atoms with van der Waals surface area (Å²) in [6.07, 6.45) is 11.3. The fourth-order valence-electron chi connectivity index (χ4n) is 2.48. The molecule has 0 N–H and O–H groups in total. The van der Waals surface area contributed by atoms with Gasteiger partial charge in [-0.05, 0) is 37.5 Å². The summed E-state index contributed by atoms with van der Waals surface area (Å²) in [5.74, 6) is 0.621. The Balaban J connectivity index is 2.14. The first-order valence-corrected chi connectivity index (χ1v) is 8.66. The molecule has 0 bridgehead atoms. The van der Waals surface area contributed by atoms with Crippen LogP contribution in [-0.2, 0) is 9.53 Å². The van der Waals surface area contributed by atoms with Crippen LogP contribution in [0.15, 0.2) is 54.9 Å². The average molecular weight is 335 g/mol. The minimum Gasteiger partial charge on any atom is -0.490 e. The summed E-state index contributed by atoms with van der Waals surface area (Å²) >= 11 is 0. The first kappa shape index (κ1) is 18.7. The number of carbonyl (C=O) groups excluding carboxylic acids is 1. The minimum atomic E-state index is -0.0146. The molecule has 0 aliphatic heterocycles. The third-order valence-electron chi connectivity index (χ3n) is 3.71. The summed E-state index contributed by atoms with van der Waals surface area (Å²) in [4.78, 5) is 15.6. The highest BCUT2D eigenvalue weighted by molar-refractivity contribution is 5.93. The molecule has 1 atom stereocenters. The normalized spacial score (nSPS) is 13.0. The van der Waals surface area contributed by atoms with Gasteiger partial charge in [-0.15, -0.1) is 0 Å². The van der Waals surface area contributed by atoms with E-state index >= 15 is 0 Å². The largest absolute Gasteiger partial charge is 0.490 e. The molecule has 3 nitrogen and oxygen atoms in total. The molecule has 25 heavy (non-hydrogen) atoms. The van der Waals surface area contributed by atoms with Crippen molar-refractivity contribution in [3.8, 4) is 0 Å². The van der Waals surface area contributed by atoms with E-state index in [1.807, 2.05) is 61.7 Å². The molecule has 3 heteroatoms. The topological polar surface area (TPSA) is 39.2 Å². The predicted octanol–water partition coefficient (Wildman–Crippen LogP) is 5.39. The molecule has 2 rings (SSSR count). The summed E-state index contributed by atoms with van der Waals surface area (Å²) in [6.45, 7) is 5.69. The second kappa shape index (κ2) is 9.58. The van der Waals surface area contributed by atoms with Crippen LogP contribution in [0.3, 0.4) is 0 Å². The number of pyridine rings is 1. The van der Waals surface area contributed by atoms with E-state index in [2.05, 4.69) is 11.9 Å². The van der Waals surface area contributed by atoms with Crippen molar-refractivity contribution in [2.24, 2.45) is 0 Å². The number of hydrogen-bond acceptors (Lipinski definition) is 3. The molecule has 1 aromatic heterocycles. The van der Waals surface area contributed by atoms with Gasteiger partial charge in [0.25, 0.3) is 0 Å². The van der Waals surface area contributed by atoms with Gasteiger partial charge in [0.1, 0.15) is 5.76 Å². The summed E-state index contributed by atoms with van der Waals surface area (Å²) in [7, 11) is 0. The first-order valence-electron chi connectivity index (χ1n) is 8.66. The second-order valence-corrected chi connectivity index (χ2v) is 6.08. The molecule has 0 saturated heterocycles. The summed E-state index contributed by atoms with van der Waals surface area (Å²) in [5.41, 5.74) is 3.05. The fourth-order valence-corrected chi connectivity index (χ4v) is 2.48. The monoisotopic (exact) mass is 335 g/mol. The molecule has 0 aliphatic rings. The minimum absolute atomic E-state index is 0.0146. The molecule has 0 radical (unpaired) electrons. The highest BCUT2D eigenvalue weighted by atomic mass is 16.5. The molecule has 1 unspecified atom stereocenters. The Kier molecular flexibility index (Phi) is 7.15. The lowest BCUT2D eigenvalue weighted by Crippen LogP contribution is -2.08. The zero-order valence-corrected chi connectivity index (χ0v) is 15.1. The molecule has 2 aromatic rings. The van der Waals surface area contributed by atoms with E-state index in [0.29, 0.717) is 5.76 Å². The number of nitrogens with zero attached hydrogens (tertiary/aromatic N) is 1. The zero-order chi connectivity index (χ0) is 18.1. The van der Waals surface area contributed by atoms with Crippen molar-refractivity contribution in [2.45, 2.75) is 39.7 Å². The van der Waals surface area contributed by atoms with Crippen molar-refractivity contribution in [3.63, 3.8) is 0 Å². The highest BCUT2D eigenvalue weighted by Gasteiger charge is 2.09. The fraction of sp³-hybridized carbons (Fsp3) is 0.273. The third-order valence-corrected chi connectivity index (χ3v) is 3.71. The molecule has 0 spiro atoms. The van der Waals surface area contributed by atoms with Gasteiger partial charge in [0.05, 0.1) is 6.10 Å². The maximum absolute atomic E-state index is 11.5. The predicted molar refractivity (Wildman–Crippen MR) is 104 cm³/mol. The Labute approximate surface area is 150 Å². The molecule has 130 valence electrons. The van der Waals surface area contributed by atoms with E-state index in [-0.39, 0.29) is 11.9 Å². The van der Waals surface area contributed by atoms with Crippen LogP contribution in [-0.4, -0.2) is 16.9 Å². The van der Waals surface area contributed by atoms with Crippen LogP contribution in [0.2, 0.25) is 0 Å². The van der Waals surface area contributed by atoms with E-state index in [0.717, 1.165) is 29.5 Å². The van der Waals surface area contributed by atoms with Crippen molar-refractivity contribution in [2.75, 3.05) is 0 Å². The lowest BCUT2D eigenvalue weighted by Gasteiger charge is -2.17. The number of allylic oxidation sites excluding steroid dienone is 1. The van der Waals surface area contributed by atoms with Gasteiger partial charge in [0, 0.05) is 24.0 Å². The number of carbonyl (C=O) groups is 1. The number of ketones is 1. The second-order valence-electron chi connectivity index (χ2n) is 6.08. The van der Waals surface area contributed by atoms with Gasteiger partial charge >= 0.3 is 0 Å². The SMILES string of the molecule is CCCC(C)OC(=CC(C)=O)c1ccc(C=Cc2cccnc2)cc1. The Morgan fingerprint density at radius 2 is 1.88 bits per heavy atom. The Morgan fingerprint density at radius 1 is 1.16 bits per heavy atom. The van der Waals surface area contributed by atoms with Crippen LogP contribution in [0, 0.1) is 0 Å². The Bertz CT molecular complexity index is 730. The standard InChI is InChI=1S/C22H25NO2/c1-4-6-18(3)25-22(15-17(2)24)21-12-10-19(11-13-21)8-9-20-7-5-14-23-16-20/h5,7-16,18H,4,6H2,1-3H3. The molecule has 1 aromatic carbocycles. The molecule has 0 aliphatic carbocycles. The maximum atomic E-state index is 11.5. The van der Waals surface area contributed by atoms with Gasteiger partial charge in [0.2, 0.25) is 0 Å². The highest BCUT2D eigenvalue weighted by Crippen LogP contribution is 2.21. The van der Waals surface area contributed by atoms with Crippen molar-refractivity contribution < 1.29 is 9.53 Å². The van der Waals surface area contributed by atoms with E-state index in [4.69, 9.17) is 4.74 Å². The quantitative estimate of drug-likeness (QED) is 0.480. The van der Waals surface area contributed by atoms with Crippen molar-refractivity contribution in [1.82, 2.24) is 4.98 Å². The lowest BCUT2D eigenvalue weighted by molar-refractivity contribution is -0.112. The van der Waals surface area contributed by atoms with Crippen LogP contribution in [0.4, 0.5) is 0 Å². The van der Waals surface area contributed by atoms with Crippen LogP contribution < -0.4 is 0 Å². The third kappa shape index (κ3) is 6.38. The van der Waals surface area contributed by atoms with Gasteiger partial charge in [-0.1, -0.05) is 55.8 Å². The number of ether oxygens (including phenoxy) is 1. The van der Waals surface area contributed by atoms with Crippen molar-refractivity contribution in [3.05, 3.63) is 71.6 Å². The Hall–Kier alpha value is -2.68. The van der Waals surface area contributed by atoms with E-state index in [1.54, 1.807) is 19.2 Å². The van der Waals surface area contributed by atoms with E-state index in [1.165, 1.54) is 0 Å². The lowest BCUT2D eigenvalue weighted by atomic mass is 10.1. The van der Waals surface area contributed by atoms with Gasteiger partial charge in [0.15, 0.2) is 5.78 Å². The number of rotatable bonds is 8. The van der Waals surface area contributed by atoms with Gasteiger partial charge in [-0.3, -0.25) is 9.78 Å². The van der Waals surface area contributed by atoms with Gasteiger partial charge in [-0.2, -0.15) is 0 Å². The van der Waals surface area contributed by atoms with Crippen LogP contribution in [0.1, 0.15) is 50.3 Å². The molecular weight excluding hydrogens is 310 g/mol.